The molecule has 0 spiro atoms. The average Bonchev–Trinajstić information content (AvgIpc) is 2.68. The van der Waals surface area contributed by atoms with Crippen LogP contribution in [0.25, 0.3) is 6.08 Å². The molecule has 0 aliphatic rings. The number of carbonyl (C=O) groups is 1. The summed E-state index contributed by atoms with van der Waals surface area (Å²) in [6.07, 6.45) is 17.8. The molecule has 1 rings (SSSR count). The van der Waals surface area contributed by atoms with Gasteiger partial charge in [-0.05, 0) is 30.2 Å². The molecule has 3 N–H and O–H groups in total. The van der Waals surface area contributed by atoms with Crippen LogP contribution < -0.4 is 0 Å². The van der Waals surface area contributed by atoms with Crippen molar-refractivity contribution in [3.8, 4) is 17.2 Å². The Kier molecular flexibility index (Phi) is 12.6. The number of carbonyl (C=O) groups excluding carboxylic acids is 1. The topological polar surface area (TPSA) is 87.0 Å². The molecule has 0 radical (unpaired) electrons. The van der Waals surface area contributed by atoms with Crippen molar-refractivity contribution in [2.45, 2.75) is 84.0 Å². The van der Waals surface area contributed by atoms with Crippen molar-refractivity contribution >= 4 is 12.0 Å². The Bertz CT molecular complexity index is 572. The predicted molar refractivity (Wildman–Crippen MR) is 113 cm³/mol. The second-order valence-corrected chi connectivity index (χ2v) is 7.30. The summed E-state index contributed by atoms with van der Waals surface area (Å²) in [7, 11) is 0. The number of benzene rings is 1. The number of phenolic OH excluding ortho intramolecular Hbond substituents is 3. The van der Waals surface area contributed by atoms with Crippen LogP contribution in [0, 0.1) is 0 Å². The van der Waals surface area contributed by atoms with E-state index in [1.165, 1.54) is 88.5 Å². The molecule has 0 fully saturated rings. The van der Waals surface area contributed by atoms with Gasteiger partial charge in [-0.2, -0.15) is 0 Å². The Morgan fingerprint density at radius 2 is 1.29 bits per heavy atom. The fraction of sp³-hybridized carbons (Fsp3) is 0.609. The number of aromatic hydroxyl groups is 3. The van der Waals surface area contributed by atoms with E-state index in [9.17, 15) is 20.1 Å². The molecule has 0 aliphatic carbocycles. The third-order valence-electron chi connectivity index (χ3n) is 4.75. The van der Waals surface area contributed by atoms with Gasteiger partial charge < -0.3 is 20.1 Å². The van der Waals surface area contributed by atoms with Gasteiger partial charge in [0.15, 0.2) is 17.2 Å². The fourth-order valence-electron chi connectivity index (χ4n) is 3.05. The largest absolute Gasteiger partial charge is 0.504 e. The van der Waals surface area contributed by atoms with E-state index in [0.29, 0.717) is 12.2 Å². The maximum Gasteiger partial charge on any atom is 0.330 e. The summed E-state index contributed by atoms with van der Waals surface area (Å²) in [5.74, 6) is -1.92. The summed E-state index contributed by atoms with van der Waals surface area (Å²) in [6, 6.07) is 2.51. The molecule has 0 unspecified atom stereocenters. The van der Waals surface area contributed by atoms with Crippen molar-refractivity contribution < 1.29 is 24.9 Å². The van der Waals surface area contributed by atoms with E-state index < -0.39 is 23.2 Å². The van der Waals surface area contributed by atoms with Gasteiger partial charge in [0.05, 0.1) is 6.61 Å². The summed E-state index contributed by atoms with van der Waals surface area (Å²) >= 11 is 0. The quantitative estimate of drug-likeness (QED) is 0.146. The molecule has 0 heterocycles. The molecule has 158 valence electrons. The molecule has 0 saturated heterocycles. The predicted octanol–water partition coefficient (Wildman–Crippen LogP) is 6.06. The van der Waals surface area contributed by atoms with E-state index in [-0.39, 0.29) is 0 Å². The summed E-state index contributed by atoms with van der Waals surface area (Å²) in [6.45, 7) is 2.64. The summed E-state index contributed by atoms with van der Waals surface area (Å²) in [4.78, 5) is 11.7. The van der Waals surface area contributed by atoms with Crippen LogP contribution in [0.5, 0.6) is 17.2 Å². The van der Waals surface area contributed by atoms with Crippen LogP contribution in [-0.2, 0) is 9.53 Å². The van der Waals surface area contributed by atoms with Crippen molar-refractivity contribution in [2.24, 2.45) is 0 Å². The lowest BCUT2D eigenvalue weighted by Crippen LogP contribution is -2.02. The number of rotatable bonds is 15. The lowest BCUT2D eigenvalue weighted by molar-refractivity contribution is -0.137. The number of esters is 1. The molecule has 0 saturated carbocycles. The zero-order chi connectivity index (χ0) is 20.6. The van der Waals surface area contributed by atoms with Crippen molar-refractivity contribution in [1.82, 2.24) is 0 Å². The molecule has 0 atom stereocenters. The highest BCUT2D eigenvalue weighted by atomic mass is 16.5. The van der Waals surface area contributed by atoms with Crippen molar-refractivity contribution in [3.63, 3.8) is 0 Å². The van der Waals surface area contributed by atoms with Gasteiger partial charge in [-0.15, -0.1) is 0 Å². The van der Waals surface area contributed by atoms with Crippen molar-refractivity contribution in [3.05, 3.63) is 23.8 Å². The van der Waals surface area contributed by atoms with Gasteiger partial charge in [-0.1, -0.05) is 77.6 Å². The first-order valence-corrected chi connectivity index (χ1v) is 10.6. The highest BCUT2D eigenvalue weighted by molar-refractivity contribution is 5.87. The van der Waals surface area contributed by atoms with Gasteiger partial charge in [0.1, 0.15) is 0 Å². The number of phenols is 3. The van der Waals surface area contributed by atoms with Gasteiger partial charge in [-0.25, -0.2) is 4.79 Å². The fourth-order valence-corrected chi connectivity index (χ4v) is 3.05. The molecule has 5 heteroatoms. The first kappa shape index (κ1) is 23.9. The number of hydrogen-bond donors (Lipinski definition) is 3. The first-order chi connectivity index (χ1) is 13.5. The second-order valence-electron chi connectivity index (χ2n) is 7.30. The summed E-state index contributed by atoms with van der Waals surface area (Å²) < 4.78 is 5.14. The molecule has 0 aromatic heterocycles. The Balaban J connectivity index is 2.01. The van der Waals surface area contributed by atoms with Gasteiger partial charge in [0.2, 0.25) is 0 Å². The third-order valence-corrected chi connectivity index (χ3v) is 4.75. The van der Waals surface area contributed by atoms with Crippen LogP contribution in [-0.4, -0.2) is 27.9 Å². The molecular weight excluding hydrogens is 356 g/mol. The van der Waals surface area contributed by atoms with Gasteiger partial charge >= 0.3 is 5.97 Å². The van der Waals surface area contributed by atoms with E-state index in [0.717, 1.165) is 12.8 Å². The first-order valence-electron chi connectivity index (χ1n) is 10.6. The Morgan fingerprint density at radius 3 is 1.79 bits per heavy atom. The van der Waals surface area contributed by atoms with Crippen LogP contribution in [0.4, 0.5) is 0 Å². The minimum atomic E-state index is -0.577. The lowest BCUT2D eigenvalue weighted by Gasteiger charge is -2.04. The second kappa shape index (κ2) is 14.8. The van der Waals surface area contributed by atoms with E-state index >= 15 is 0 Å². The Hall–Kier alpha value is -2.17. The van der Waals surface area contributed by atoms with E-state index in [1.54, 1.807) is 0 Å². The molecule has 0 aliphatic heterocycles. The van der Waals surface area contributed by atoms with Crippen LogP contribution in [0.2, 0.25) is 0 Å². The van der Waals surface area contributed by atoms with E-state index in [1.807, 2.05) is 0 Å². The van der Waals surface area contributed by atoms with Crippen molar-refractivity contribution in [1.29, 1.82) is 0 Å². The molecule has 28 heavy (non-hydrogen) atoms. The molecule has 0 amide bonds. The standard InChI is InChI=1S/C23H36O5/c1-2-3-4-5-6-7-8-9-10-11-12-13-16-28-22(26)15-14-19-17-20(24)23(27)21(25)18-19/h14-15,17-18,24-25,27H,2-13,16H2,1H3/b15-14+. The summed E-state index contributed by atoms with van der Waals surface area (Å²) in [5, 5.41) is 28.1. The Morgan fingerprint density at radius 1 is 0.821 bits per heavy atom. The van der Waals surface area contributed by atoms with Crippen LogP contribution in [0.1, 0.15) is 89.5 Å². The minimum absolute atomic E-state index is 0.396. The SMILES string of the molecule is CCCCCCCCCCCCCCOC(=O)/C=C/c1cc(O)c(O)c(O)c1. The van der Waals surface area contributed by atoms with Crippen LogP contribution in [0.15, 0.2) is 18.2 Å². The third kappa shape index (κ3) is 10.9. The van der Waals surface area contributed by atoms with E-state index in [2.05, 4.69) is 6.92 Å². The smallest absolute Gasteiger partial charge is 0.330 e. The van der Waals surface area contributed by atoms with Crippen LogP contribution in [0.3, 0.4) is 0 Å². The zero-order valence-electron chi connectivity index (χ0n) is 17.2. The number of unbranched alkanes of at least 4 members (excludes halogenated alkanes) is 11. The number of hydrogen-bond acceptors (Lipinski definition) is 5. The minimum Gasteiger partial charge on any atom is -0.504 e. The van der Waals surface area contributed by atoms with E-state index in [4.69, 9.17) is 4.74 Å². The molecule has 1 aromatic rings. The van der Waals surface area contributed by atoms with Crippen molar-refractivity contribution in [2.75, 3.05) is 6.61 Å². The average molecular weight is 393 g/mol. The summed E-state index contributed by atoms with van der Waals surface area (Å²) in [5.41, 5.74) is 0.398. The molecular formula is C23H36O5. The Labute approximate surface area is 169 Å². The number of ether oxygens (including phenoxy) is 1. The monoisotopic (exact) mass is 392 g/mol. The van der Waals surface area contributed by atoms with Gasteiger partial charge in [0.25, 0.3) is 0 Å². The highest BCUT2D eigenvalue weighted by Crippen LogP contribution is 2.35. The highest BCUT2D eigenvalue weighted by Gasteiger charge is 2.06. The van der Waals surface area contributed by atoms with Gasteiger partial charge in [-0.3, -0.25) is 0 Å². The van der Waals surface area contributed by atoms with Gasteiger partial charge in [0, 0.05) is 6.08 Å². The van der Waals surface area contributed by atoms with Crippen LogP contribution >= 0.6 is 0 Å². The maximum absolute atomic E-state index is 11.7. The maximum atomic E-state index is 11.7. The molecule has 0 bridgehead atoms. The normalized spacial score (nSPS) is 11.2. The lowest BCUT2D eigenvalue weighted by atomic mass is 10.1. The molecule has 1 aromatic carbocycles. The molecule has 5 nitrogen and oxygen atoms in total. The zero-order valence-corrected chi connectivity index (χ0v) is 17.2.